The van der Waals surface area contributed by atoms with Crippen LogP contribution in [-0.4, -0.2) is 71.8 Å². The van der Waals surface area contributed by atoms with E-state index in [1.54, 1.807) is 15.0 Å². The van der Waals surface area contributed by atoms with Gasteiger partial charge < -0.3 is 0 Å². The highest BCUT2D eigenvalue weighted by Gasteiger charge is 2.25. The first-order valence-corrected chi connectivity index (χ1v) is 10.6. The fourth-order valence-electron chi connectivity index (χ4n) is 4.65. The lowest BCUT2D eigenvalue weighted by Crippen LogP contribution is -2.37. The lowest BCUT2D eigenvalue weighted by molar-refractivity contribution is 0.476. The van der Waals surface area contributed by atoms with Gasteiger partial charge in [-0.25, -0.2) is 17.5 Å². The number of nitrogens with two attached hydrogens (primary N) is 3. The molecule has 3 heterocycles. The third-order valence-electron chi connectivity index (χ3n) is 6.62. The zero-order chi connectivity index (χ0) is 21.4. The van der Waals surface area contributed by atoms with Crippen LogP contribution in [0.5, 0.6) is 0 Å². The molecule has 3 aliphatic heterocycles. The summed E-state index contributed by atoms with van der Waals surface area (Å²) >= 11 is 0. The van der Waals surface area contributed by atoms with Crippen molar-refractivity contribution in [3.05, 3.63) is 33.4 Å². The molecule has 0 spiro atoms. The molecule has 0 aliphatic carbocycles. The normalized spacial score (nSPS) is 19.0. The van der Waals surface area contributed by atoms with Gasteiger partial charge in [0.25, 0.3) is 0 Å². The van der Waals surface area contributed by atoms with Crippen molar-refractivity contribution in [2.24, 2.45) is 32.5 Å². The van der Waals surface area contributed by atoms with Gasteiger partial charge in [-0.05, 0) is 54.2 Å². The third kappa shape index (κ3) is 3.80. The van der Waals surface area contributed by atoms with Crippen LogP contribution in [0.1, 0.15) is 33.4 Å². The van der Waals surface area contributed by atoms with Crippen LogP contribution in [0.25, 0.3) is 0 Å². The second kappa shape index (κ2) is 8.33. The summed E-state index contributed by atoms with van der Waals surface area (Å²) in [7, 11) is 0. The van der Waals surface area contributed by atoms with Gasteiger partial charge in [-0.15, -0.1) is 0 Å². The molecule has 9 nitrogen and oxygen atoms in total. The summed E-state index contributed by atoms with van der Waals surface area (Å²) in [5.74, 6) is 21.3. The molecule has 30 heavy (non-hydrogen) atoms. The summed E-state index contributed by atoms with van der Waals surface area (Å²) in [6.45, 7) is 11.2. The fraction of sp³-hybridized carbons (Fsp3) is 0.571. The van der Waals surface area contributed by atoms with Gasteiger partial charge in [0.05, 0.1) is 39.3 Å². The van der Waals surface area contributed by atoms with Crippen LogP contribution in [-0.2, 0) is 19.3 Å². The topological polar surface area (TPSA) is 125 Å². The van der Waals surface area contributed by atoms with E-state index in [-0.39, 0.29) is 0 Å². The summed E-state index contributed by atoms with van der Waals surface area (Å²) in [5.41, 5.74) is 7.68. The zero-order valence-corrected chi connectivity index (χ0v) is 18.3. The maximum atomic E-state index is 6.15. The maximum absolute atomic E-state index is 6.15. The number of rotatable bonds is 6. The van der Waals surface area contributed by atoms with E-state index in [9.17, 15) is 0 Å². The van der Waals surface area contributed by atoms with Crippen molar-refractivity contribution in [3.63, 3.8) is 0 Å². The molecule has 0 aromatic heterocycles. The summed E-state index contributed by atoms with van der Waals surface area (Å²) in [6, 6.07) is 0. The standard InChI is InChI=1S/C21H33N9/c1-13-16(10-19-25-4-7-28(19)22)14(2)18(12-21-27-6-9-30(21)24)15(3)17(13)11-20-26-5-8-29(20)23/h4-12,22-24H2,1-3H3. The molecule has 1 aromatic carbocycles. The van der Waals surface area contributed by atoms with Gasteiger partial charge in [-0.2, -0.15) is 0 Å². The molecular weight excluding hydrogens is 378 g/mol. The molecule has 162 valence electrons. The van der Waals surface area contributed by atoms with Crippen LogP contribution < -0.4 is 17.5 Å². The number of nitrogens with zero attached hydrogens (tertiary/aromatic N) is 6. The minimum atomic E-state index is 0.728. The SMILES string of the molecule is Cc1c(CC2=NCCN2N)c(C)c(CC2=NCCN2N)c(C)c1CC1=NCCN1N. The second-order valence-corrected chi connectivity index (χ2v) is 8.32. The van der Waals surface area contributed by atoms with Gasteiger partial charge in [0, 0.05) is 19.3 Å². The molecule has 0 radical (unpaired) electrons. The first-order chi connectivity index (χ1) is 14.4. The number of hydrazine groups is 3. The molecule has 0 fully saturated rings. The van der Waals surface area contributed by atoms with Crippen LogP contribution in [0.15, 0.2) is 15.0 Å². The summed E-state index contributed by atoms with van der Waals surface area (Å²) < 4.78 is 0. The minimum absolute atomic E-state index is 0.728. The quantitative estimate of drug-likeness (QED) is 0.566. The van der Waals surface area contributed by atoms with Crippen molar-refractivity contribution in [2.45, 2.75) is 40.0 Å². The van der Waals surface area contributed by atoms with Crippen molar-refractivity contribution < 1.29 is 0 Å². The molecule has 0 saturated carbocycles. The lowest BCUT2D eigenvalue weighted by Gasteiger charge is -2.25. The first kappa shape index (κ1) is 20.8. The molecule has 4 rings (SSSR count). The largest absolute Gasteiger partial charge is 0.297 e. The van der Waals surface area contributed by atoms with E-state index in [1.807, 2.05) is 0 Å². The van der Waals surface area contributed by atoms with Crippen LogP contribution in [0.2, 0.25) is 0 Å². The Labute approximate surface area is 178 Å². The van der Waals surface area contributed by atoms with Gasteiger partial charge in [-0.1, -0.05) is 0 Å². The first-order valence-electron chi connectivity index (χ1n) is 10.6. The Kier molecular flexibility index (Phi) is 5.77. The molecule has 6 N–H and O–H groups in total. The van der Waals surface area contributed by atoms with Crippen molar-refractivity contribution in [3.8, 4) is 0 Å². The molecule has 3 aliphatic rings. The van der Waals surface area contributed by atoms with Crippen molar-refractivity contribution in [1.29, 1.82) is 0 Å². The van der Waals surface area contributed by atoms with Crippen molar-refractivity contribution in [1.82, 2.24) is 15.0 Å². The number of hydrogen-bond donors (Lipinski definition) is 3. The van der Waals surface area contributed by atoms with Gasteiger partial charge in [-0.3, -0.25) is 30.0 Å². The molecule has 1 aromatic rings. The predicted molar refractivity (Wildman–Crippen MR) is 121 cm³/mol. The zero-order valence-electron chi connectivity index (χ0n) is 18.3. The number of benzene rings is 1. The lowest BCUT2D eigenvalue weighted by atomic mass is 9.84. The Morgan fingerprint density at radius 3 is 1.03 bits per heavy atom. The average Bonchev–Trinajstić information content (AvgIpc) is 3.42. The Morgan fingerprint density at radius 1 is 0.567 bits per heavy atom. The highest BCUT2D eigenvalue weighted by molar-refractivity contribution is 5.90. The van der Waals surface area contributed by atoms with Crippen LogP contribution in [0.4, 0.5) is 0 Å². The van der Waals surface area contributed by atoms with Gasteiger partial charge in [0.15, 0.2) is 0 Å². The van der Waals surface area contributed by atoms with Gasteiger partial charge >= 0.3 is 0 Å². The Bertz CT molecular complexity index is 791. The monoisotopic (exact) mass is 411 g/mol. The van der Waals surface area contributed by atoms with E-state index in [0.717, 1.165) is 76.0 Å². The van der Waals surface area contributed by atoms with E-state index < -0.39 is 0 Å². The van der Waals surface area contributed by atoms with Crippen molar-refractivity contribution in [2.75, 3.05) is 39.3 Å². The average molecular weight is 412 g/mol. The summed E-state index contributed by atoms with van der Waals surface area (Å²) in [6.07, 6.45) is 2.18. The fourth-order valence-corrected chi connectivity index (χ4v) is 4.65. The van der Waals surface area contributed by atoms with Gasteiger partial charge in [0.1, 0.15) is 17.5 Å². The van der Waals surface area contributed by atoms with E-state index in [0.29, 0.717) is 0 Å². The van der Waals surface area contributed by atoms with E-state index in [1.165, 1.54) is 33.4 Å². The third-order valence-corrected chi connectivity index (χ3v) is 6.62. The van der Waals surface area contributed by atoms with E-state index >= 15 is 0 Å². The molecular formula is C21H33N9. The molecule has 0 bridgehead atoms. The molecule has 9 heteroatoms. The highest BCUT2D eigenvalue weighted by Crippen LogP contribution is 2.30. The second-order valence-electron chi connectivity index (χ2n) is 8.32. The van der Waals surface area contributed by atoms with E-state index in [4.69, 9.17) is 17.5 Å². The molecule has 0 amide bonds. The molecule has 0 atom stereocenters. The molecule has 0 saturated heterocycles. The van der Waals surface area contributed by atoms with Crippen molar-refractivity contribution >= 4 is 17.5 Å². The highest BCUT2D eigenvalue weighted by atomic mass is 15.5. The Balaban J connectivity index is 1.77. The summed E-state index contributed by atoms with van der Waals surface area (Å²) in [5, 5.41) is 5.30. The molecule has 0 unspecified atom stereocenters. The number of aliphatic imine (C=N–C) groups is 3. The van der Waals surface area contributed by atoms with Crippen LogP contribution in [0.3, 0.4) is 0 Å². The van der Waals surface area contributed by atoms with Crippen LogP contribution in [0, 0.1) is 20.8 Å². The summed E-state index contributed by atoms with van der Waals surface area (Å²) in [4.78, 5) is 13.9. The number of amidine groups is 3. The Morgan fingerprint density at radius 2 is 0.833 bits per heavy atom. The minimum Gasteiger partial charge on any atom is -0.297 e. The maximum Gasteiger partial charge on any atom is 0.117 e. The van der Waals surface area contributed by atoms with Gasteiger partial charge in [0.2, 0.25) is 0 Å². The smallest absolute Gasteiger partial charge is 0.117 e. The number of hydrogen-bond acceptors (Lipinski definition) is 9. The van der Waals surface area contributed by atoms with E-state index in [2.05, 4.69) is 35.7 Å². The predicted octanol–water partition coefficient (Wildman–Crippen LogP) is 0.00276. The van der Waals surface area contributed by atoms with Crippen LogP contribution >= 0.6 is 0 Å². The Hall–Kier alpha value is -2.49.